The summed E-state index contributed by atoms with van der Waals surface area (Å²) in [5.74, 6) is 0.0853. The molecule has 0 heterocycles. The Bertz CT molecular complexity index is 616. The fourth-order valence-electron chi connectivity index (χ4n) is 4.34. The van der Waals surface area contributed by atoms with Gasteiger partial charge in [-0.05, 0) is 36.7 Å². The quantitative estimate of drug-likeness (QED) is 0.342. The van der Waals surface area contributed by atoms with Crippen LogP contribution in [0.5, 0.6) is 0 Å². The number of hydrogen-bond acceptors (Lipinski definition) is 6. The Kier molecular flexibility index (Phi) is 8.74. The highest BCUT2D eigenvalue weighted by Crippen LogP contribution is 2.43. The lowest BCUT2D eigenvalue weighted by Gasteiger charge is -2.42. The van der Waals surface area contributed by atoms with Gasteiger partial charge >= 0.3 is 5.97 Å². The van der Waals surface area contributed by atoms with Crippen molar-refractivity contribution in [3.8, 4) is 0 Å². The van der Waals surface area contributed by atoms with Crippen molar-refractivity contribution >= 4 is 23.7 Å². The second kappa shape index (κ2) is 10.6. The van der Waals surface area contributed by atoms with Crippen LogP contribution in [0.15, 0.2) is 23.8 Å². The molecule has 3 N–H and O–H groups in total. The molecule has 7 heteroatoms. The van der Waals surface area contributed by atoms with E-state index in [9.17, 15) is 24.9 Å². The molecule has 0 saturated heterocycles. The van der Waals surface area contributed by atoms with Crippen LogP contribution in [0.25, 0.3) is 0 Å². The predicted octanol–water partition coefficient (Wildman–Crippen LogP) is 2.18. The summed E-state index contributed by atoms with van der Waals surface area (Å²) >= 11 is 3.65. The molecule has 6 nitrogen and oxygen atoms in total. The van der Waals surface area contributed by atoms with Gasteiger partial charge < -0.3 is 20.1 Å². The molecule has 7 unspecified atom stereocenters. The third-order valence-corrected chi connectivity index (χ3v) is 5.91. The lowest BCUT2D eigenvalue weighted by Crippen LogP contribution is -2.42. The number of ether oxygens (including phenoxy) is 1. The van der Waals surface area contributed by atoms with Gasteiger partial charge in [-0.1, -0.05) is 32.1 Å². The number of fused-ring (bicyclic) bond motifs is 1. The summed E-state index contributed by atoms with van der Waals surface area (Å²) in [7, 11) is 0. The summed E-state index contributed by atoms with van der Waals surface area (Å²) in [5, 5.41) is 29.9. The first-order valence-electron chi connectivity index (χ1n) is 10.1. The molecule has 0 aromatic heterocycles. The molecule has 28 heavy (non-hydrogen) atoms. The topological polar surface area (TPSA) is 104 Å². The molecule has 2 rings (SSSR count). The second-order valence-electron chi connectivity index (χ2n) is 7.98. The Labute approximate surface area is 172 Å². The van der Waals surface area contributed by atoms with Crippen molar-refractivity contribution in [2.75, 3.05) is 0 Å². The van der Waals surface area contributed by atoms with Crippen LogP contribution >= 0.6 is 12.6 Å². The monoisotopic (exact) mass is 412 g/mol. The Morgan fingerprint density at radius 1 is 1.32 bits per heavy atom. The summed E-state index contributed by atoms with van der Waals surface area (Å²) in [5.41, 5.74) is 0.978. The maximum atomic E-state index is 11.9. The third kappa shape index (κ3) is 6.44. The van der Waals surface area contributed by atoms with Crippen LogP contribution in [0, 0.1) is 17.8 Å². The molecule has 0 fully saturated rings. The van der Waals surface area contributed by atoms with E-state index in [1.165, 1.54) is 0 Å². The van der Waals surface area contributed by atoms with Crippen LogP contribution < -0.4 is 0 Å². The van der Waals surface area contributed by atoms with Gasteiger partial charge in [0.15, 0.2) is 5.12 Å². The predicted molar refractivity (Wildman–Crippen MR) is 109 cm³/mol. The highest BCUT2D eigenvalue weighted by atomic mass is 32.1. The molecule has 0 saturated carbocycles. The van der Waals surface area contributed by atoms with Crippen molar-refractivity contribution in [2.45, 2.75) is 76.8 Å². The Morgan fingerprint density at radius 2 is 2.04 bits per heavy atom. The molecule has 2 aliphatic carbocycles. The van der Waals surface area contributed by atoms with Gasteiger partial charge in [0.2, 0.25) is 0 Å². The van der Waals surface area contributed by atoms with Crippen LogP contribution in [0.2, 0.25) is 0 Å². The first-order valence-corrected chi connectivity index (χ1v) is 10.5. The molecule has 7 atom stereocenters. The van der Waals surface area contributed by atoms with E-state index < -0.39 is 23.4 Å². The minimum Gasteiger partial charge on any atom is -0.462 e. The van der Waals surface area contributed by atoms with Gasteiger partial charge in [-0.25, -0.2) is 0 Å². The third-order valence-electron chi connectivity index (χ3n) is 5.73. The molecule has 0 bridgehead atoms. The lowest BCUT2D eigenvalue weighted by molar-refractivity contribution is -0.154. The zero-order valence-electron chi connectivity index (χ0n) is 16.5. The molecule has 0 radical (unpaired) electrons. The van der Waals surface area contributed by atoms with Crippen LogP contribution in [0.4, 0.5) is 0 Å². The van der Waals surface area contributed by atoms with Gasteiger partial charge in [-0.2, -0.15) is 0 Å². The molecular weight excluding hydrogens is 380 g/mol. The number of thiol groups is 1. The molecule has 158 valence electrons. The van der Waals surface area contributed by atoms with E-state index in [2.05, 4.69) is 25.6 Å². The number of allylic oxidation sites excluding steroid dienone is 2. The molecule has 0 aromatic carbocycles. The van der Waals surface area contributed by atoms with Gasteiger partial charge in [-0.15, -0.1) is 12.6 Å². The molecule has 0 amide bonds. The highest BCUT2D eigenvalue weighted by Gasteiger charge is 2.41. The minimum absolute atomic E-state index is 0.0185. The Morgan fingerprint density at radius 3 is 2.68 bits per heavy atom. The number of carbonyl (C=O) groups excluding carboxylic acids is 2. The van der Waals surface area contributed by atoms with Crippen LogP contribution in [-0.4, -0.2) is 50.8 Å². The fourth-order valence-corrected chi connectivity index (χ4v) is 4.55. The van der Waals surface area contributed by atoms with Crippen molar-refractivity contribution in [1.82, 2.24) is 0 Å². The van der Waals surface area contributed by atoms with Crippen molar-refractivity contribution in [3.63, 3.8) is 0 Å². The van der Waals surface area contributed by atoms with E-state index in [1.54, 1.807) is 6.92 Å². The number of carbonyl (C=O) groups is 2. The number of aliphatic hydroxyl groups excluding tert-OH is 3. The van der Waals surface area contributed by atoms with E-state index in [-0.39, 0.29) is 49.1 Å². The SMILES string of the molecule is CCC(=O)OC1CC(O)C=C2C=CC(C)C(CCC(O)CC(O)CC(=O)S)C21. The maximum Gasteiger partial charge on any atom is 0.305 e. The standard InChI is InChI=1S/C21H32O6S/c1-3-19(25)27-18-10-15(23)8-13-5-4-12(2)17(21(13)18)7-6-14(22)9-16(24)11-20(26)28/h4-5,8,12,14-18,21-24H,3,6-7,9-11H2,1-2H3,(H,26,28). The van der Waals surface area contributed by atoms with Gasteiger partial charge in [0.25, 0.3) is 0 Å². The second-order valence-corrected chi connectivity index (χ2v) is 8.48. The van der Waals surface area contributed by atoms with Crippen molar-refractivity contribution in [1.29, 1.82) is 0 Å². The number of hydrogen-bond donors (Lipinski definition) is 4. The average molecular weight is 413 g/mol. The average Bonchev–Trinajstić information content (AvgIpc) is 2.60. The zero-order chi connectivity index (χ0) is 20.8. The summed E-state index contributed by atoms with van der Waals surface area (Å²) in [6.07, 6.45) is 5.14. The Hall–Kier alpha value is -1.15. The van der Waals surface area contributed by atoms with Crippen molar-refractivity contribution in [3.05, 3.63) is 23.8 Å². The smallest absolute Gasteiger partial charge is 0.305 e. The van der Waals surface area contributed by atoms with Crippen LogP contribution in [-0.2, 0) is 14.3 Å². The minimum atomic E-state index is -0.901. The van der Waals surface area contributed by atoms with E-state index in [4.69, 9.17) is 4.74 Å². The summed E-state index contributed by atoms with van der Waals surface area (Å²) < 4.78 is 5.65. The summed E-state index contributed by atoms with van der Waals surface area (Å²) in [4.78, 5) is 22.8. The largest absolute Gasteiger partial charge is 0.462 e. The summed E-state index contributed by atoms with van der Waals surface area (Å²) in [6, 6.07) is 0. The van der Waals surface area contributed by atoms with E-state index in [0.29, 0.717) is 19.3 Å². The van der Waals surface area contributed by atoms with E-state index in [1.807, 2.05) is 12.2 Å². The first-order chi connectivity index (χ1) is 13.2. The molecule has 0 spiro atoms. The van der Waals surface area contributed by atoms with Gasteiger partial charge in [0.05, 0.1) is 18.3 Å². The maximum absolute atomic E-state index is 11.9. The Balaban J connectivity index is 2.06. The molecule has 2 aliphatic rings. The molecule has 0 aliphatic heterocycles. The van der Waals surface area contributed by atoms with Crippen LogP contribution in [0.1, 0.15) is 52.4 Å². The highest BCUT2D eigenvalue weighted by molar-refractivity contribution is 7.96. The van der Waals surface area contributed by atoms with Crippen LogP contribution in [0.3, 0.4) is 0 Å². The van der Waals surface area contributed by atoms with Gasteiger partial charge in [-0.3, -0.25) is 9.59 Å². The lowest BCUT2D eigenvalue weighted by atomic mass is 9.66. The molecule has 0 aromatic rings. The van der Waals surface area contributed by atoms with Gasteiger partial charge in [0, 0.05) is 25.2 Å². The number of rotatable bonds is 9. The van der Waals surface area contributed by atoms with E-state index in [0.717, 1.165) is 5.57 Å². The van der Waals surface area contributed by atoms with E-state index >= 15 is 0 Å². The normalized spacial score (nSPS) is 31.5. The van der Waals surface area contributed by atoms with Crippen molar-refractivity contribution < 1.29 is 29.6 Å². The zero-order valence-corrected chi connectivity index (χ0v) is 17.4. The number of esters is 1. The first kappa shape index (κ1) is 23.1. The fraction of sp³-hybridized carbons (Fsp3) is 0.714. The van der Waals surface area contributed by atoms with Crippen molar-refractivity contribution in [2.24, 2.45) is 17.8 Å². The summed E-state index contributed by atoms with van der Waals surface area (Å²) in [6.45, 7) is 3.85. The van der Waals surface area contributed by atoms with Gasteiger partial charge in [0.1, 0.15) is 6.10 Å². The molecular formula is C21H32O6S. The number of aliphatic hydroxyl groups is 3.